The number of carbonyl (C=O) groups is 3. The number of amides is 1. The number of aromatic nitrogens is 1. The Labute approximate surface area is 160 Å². The topological polar surface area (TPSA) is 141 Å². The van der Waals surface area contributed by atoms with Gasteiger partial charge in [-0.1, -0.05) is 6.07 Å². The average Bonchev–Trinajstić information content (AvgIpc) is 2.95. The first-order valence-corrected chi connectivity index (χ1v) is 8.19. The highest BCUT2D eigenvalue weighted by molar-refractivity contribution is 6.00. The normalized spacial score (nSPS) is 11.4. The maximum Gasteiger partial charge on any atom is 0.355 e. The second-order valence-corrected chi connectivity index (χ2v) is 5.96. The van der Waals surface area contributed by atoms with Crippen molar-refractivity contribution < 1.29 is 28.8 Å². The standard InChI is InChI=1S/C18H19N3O7/c1-9-14(17(23)27-4)10(2)19-15(9)18(24)28-11(3)16(22)20-12-6-5-7-13(8-12)21(25)26/h5-8,11,19H,1-4H3,(H,20,22). The number of H-pyrrole nitrogens is 1. The second-order valence-electron chi connectivity index (χ2n) is 5.96. The third-order valence-electron chi connectivity index (χ3n) is 4.01. The molecule has 2 rings (SSSR count). The molecule has 0 aliphatic carbocycles. The van der Waals surface area contributed by atoms with Gasteiger partial charge in [-0.3, -0.25) is 14.9 Å². The Morgan fingerprint density at radius 1 is 1.21 bits per heavy atom. The number of rotatable bonds is 6. The van der Waals surface area contributed by atoms with Crippen LogP contribution in [0, 0.1) is 24.0 Å². The van der Waals surface area contributed by atoms with Crippen molar-refractivity contribution in [3.63, 3.8) is 0 Å². The number of nitrogens with zero attached hydrogens (tertiary/aromatic N) is 1. The van der Waals surface area contributed by atoms with Crippen LogP contribution >= 0.6 is 0 Å². The first-order chi connectivity index (χ1) is 13.1. The zero-order valence-electron chi connectivity index (χ0n) is 15.7. The number of hydrogen-bond acceptors (Lipinski definition) is 7. The number of nitro groups is 1. The number of carbonyl (C=O) groups excluding carboxylic acids is 3. The summed E-state index contributed by atoms with van der Waals surface area (Å²) in [5.74, 6) is -2.08. The van der Waals surface area contributed by atoms with Gasteiger partial charge in [-0.25, -0.2) is 9.59 Å². The van der Waals surface area contributed by atoms with Gasteiger partial charge in [-0.2, -0.15) is 0 Å². The zero-order valence-corrected chi connectivity index (χ0v) is 15.7. The second kappa shape index (κ2) is 8.33. The number of methoxy groups -OCH3 is 1. The van der Waals surface area contributed by atoms with Gasteiger partial charge >= 0.3 is 11.9 Å². The number of ether oxygens (including phenoxy) is 2. The van der Waals surface area contributed by atoms with Crippen molar-refractivity contribution in [1.29, 1.82) is 0 Å². The predicted molar refractivity (Wildman–Crippen MR) is 98.2 cm³/mol. The summed E-state index contributed by atoms with van der Waals surface area (Å²) in [5, 5.41) is 13.2. The molecule has 0 bridgehead atoms. The minimum atomic E-state index is -1.18. The van der Waals surface area contributed by atoms with Gasteiger partial charge in [0.15, 0.2) is 6.10 Å². The van der Waals surface area contributed by atoms with E-state index in [-0.39, 0.29) is 22.6 Å². The maximum absolute atomic E-state index is 12.4. The molecule has 0 saturated carbocycles. The summed E-state index contributed by atoms with van der Waals surface area (Å²) in [6.45, 7) is 4.52. The first-order valence-electron chi connectivity index (χ1n) is 8.19. The number of aryl methyl sites for hydroxylation is 1. The van der Waals surface area contributed by atoms with E-state index >= 15 is 0 Å². The van der Waals surface area contributed by atoms with Crippen molar-refractivity contribution in [3.8, 4) is 0 Å². The lowest BCUT2D eigenvalue weighted by molar-refractivity contribution is -0.384. The van der Waals surface area contributed by atoms with Crippen molar-refractivity contribution in [2.75, 3.05) is 12.4 Å². The van der Waals surface area contributed by atoms with Crippen LogP contribution in [0.3, 0.4) is 0 Å². The fourth-order valence-electron chi connectivity index (χ4n) is 2.58. The molecular formula is C18H19N3O7. The quantitative estimate of drug-likeness (QED) is 0.439. The molecule has 0 aliphatic heterocycles. The van der Waals surface area contributed by atoms with E-state index in [1.807, 2.05) is 0 Å². The summed E-state index contributed by atoms with van der Waals surface area (Å²) < 4.78 is 9.82. The number of aromatic amines is 1. The van der Waals surface area contributed by atoms with Crippen LogP contribution in [0.2, 0.25) is 0 Å². The fraction of sp³-hybridized carbons (Fsp3) is 0.278. The Morgan fingerprint density at radius 3 is 2.50 bits per heavy atom. The highest BCUT2D eigenvalue weighted by Crippen LogP contribution is 2.21. The smallest absolute Gasteiger partial charge is 0.355 e. The lowest BCUT2D eigenvalue weighted by atomic mass is 10.1. The van der Waals surface area contributed by atoms with Gasteiger partial charge in [0, 0.05) is 23.5 Å². The van der Waals surface area contributed by atoms with Crippen LogP contribution in [0.1, 0.15) is 39.0 Å². The van der Waals surface area contributed by atoms with Crippen LogP contribution in [-0.2, 0) is 14.3 Å². The molecule has 10 heteroatoms. The van der Waals surface area contributed by atoms with Crippen LogP contribution in [0.25, 0.3) is 0 Å². The summed E-state index contributed by atoms with van der Waals surface area (Å²) in [5.41, 5.74) is 1.05. The Bertz CT molecular complexity index is 949. The molecule has 1 atom stereocenters. The SMILES string of the molecule is COC(=O)c1c(C)[nH]c(C(=O)OC(C)C(=O)Nc2cccc([N+](=O)[O-])c2)c1C. The van der Waals surface area contributed by atoms with E-state index in [2.05, 4.69) is 15.0 Å². The molecule has 1 unspecified atom stereocenters. The minimum Gasteiger partial charge on any atom is -0.465 e. The van der Waals surface area contributed by atoms with Crippen LogP contribution < -0.4 is 5.32 Å². The molecule has 1 aromatic carbocycles. The molecule has 2 aromatic rings. The van der Waals surface area contributed by atoms with E-state index in [0.29, 0.717) is 11.3 Å². The van der Waals surface area contributed by atoms with Gasteiger partial charge in [0.05, 0.1) is 17.6 Å². The monoisotopic (exact) mass is 389 g/mol. The van der Waals surface area contributed by atoms with Crippen LogP contribution in [0.4, 0.5) is 11.4 Å². The van der Waals surface area contributed by atoms with E-state index < -0.39 is 28.9 Å². The molecule has 0 fully saturated rings. The van der Waals surface area contributed by atoms with Crippen molar-refractivity contribution >= 4 is 29.2 Å². The molecule has 2 N–H and O–H groups in total. The zero-order chi connectivity index (χ0) is 21.0. The largest absolute Gasteiger partial charge is 0.465 e. The third kappa shape index (κ3) is 4.34. The summed E-state index contributed by atoms with van der Waals surface area (Å²) in [7, 11) is 1.23. The van der Waals surface area contributed by atoms with E-state index in [9.17, 15) is 24.5 Å². The lowest BCUT2D eigenvalue weighted by Crippen LogP contribution is -2.30. The molecule has 1 aromatic heterocycles. The van der Waals surface area contributed by atoms with Crippen molar-refractivity contribution in [1.82, 2.24) is 4.98 Å². The molecule has 0 spiro atoms. The highest BCUT2D eigenvalue weighted by Gasteiger charge is 2.26. The number of esters is 2. The summed E-state index contributed by atoms with van der Waals surface area (Å²) >= 11 is 0. The Kier molecular flexibility index (Phi) is 6.14. The molecule has 148 valence electrons. The predicted octanol–water partition coefficient (Wildman–Crippen LogP) is 2.51. The Hall–Kier alpha value is -3.69. The van der Waals surface area contributed by atoms with E-state index in [0.717, 1.165) is 0 Å². The third-order valence-corrected chi connectivity index (χ3v) is 4.01. The maximum atomic E-state index is 12.4. The van der Waals surface area contributed by atoms with E-state index in [1.165, 1.54) is 38.3 Å². The van der Waals surface area contributed by atoms with Crippen LogP contribution in [0.5, 0.6) is 0 Å². The summed E-state index contributed by atoms with van der Waals surface area (Å²) in [6.07, 6.45) is -1.18. The molecule has 10 nitrogen and oxygen atoms in total. The van der Waals surface area contributed by atoms with Gasteiger partial charge in [0.2, 0.25) is 0 Å². The molecule has 28 heavy (non-hydrogen) atoms. The number of anilines is 1. The first kappa shape index (κ1) is 20.6. The fourth-order valence-corrected chi connectivity index (χ4v) is 2.58. The molecular weight excluding hydrogens is 370 g/mol. The summed E-state index contributed by atoms with van der Waals surface area (Å²) in [6, 6.07) is 5.37. The number of non-ortho nitro benzene ring substituents is 1. The minimum absolute atomic E-state index is 0.0351. The summed E-state index contributed by atoms with van der Waals surface area (Å²) in [4.78, 5) is 49.4. The van der Waals surface area contributed by atoms with Gasteiger partial charge in [-0.05, 0) is 32.4 Å². The molecule has 1 amide bonds. The Morgan fingerprint density at radius 2 is 1.89 bits per heavy atom. The van der Waals surface area contributed by atoms with Gasteiger partial charge in [0.1, 0.15) is 5.69 Å². The number of benzene rings is 1. The van der Waals surface area contributed by atoms with Crippen molar-refractivity contribution in [2.24, 2.45) is 0 Å². The molecule has 0 radical (unpaired) electrons. The van der Waals surface area contributed by atoms with Crippen LogP contribution in [0.15, 0.2) is 24.3 Å². The van der Waals surface area contributed by atoms with Gasteiger partial charge in [-0.15, -0.1) is 0 Å². The number of nitrogens with one attached hydrogen (secondary N) is 2. The average molecular weight is 389 g/mol. The highest BCUT2D eigenvalue weighted by atomic mass is 16.6. The lowest BCUT2D eigenvalue weighted by Gasteiger charge is -2.13. The van der Waals surface area contributed by atoms with Gasteiger partial charge < -0.3 is 19.8 Å². The van der Waals surface area contributed by atoms with E-state index in [4.69, 9.17) is 4.74 Å². The van der Waals surface area contributed by atoms with Crippen LogP contribution in [-0.4, -0.2) is 41.0 Å². The van der Waals surface area contributed by atoms with Crippen molar-refractivity contribution in [3.05, 3.63) is 56.9 Å². The molecule has 0 saturated heterocycles. The number of hydrogen-bond donors (Lipinski definition) is 2. The van der Waals surface area contributed by atoms with E-state index in [1.54, 1.807) is 13.8 Å². The van der Waals surface area contributed by atoms with Gasteiger partial charge in [0.25, 0.3) is 11.6 Å². The molecule has 1 heterocycles. The van der Waals surface area contributed by atoms with Crippen molar-refractivity contribution in [2.45, 2.75) is 26.9 Å². The molecule has 0 aliphatic rings. The number of nitro benzene ring substituents is 1. The Balaban J connectivity index is 2.10.